The fourth-order valence-electron chi connectivity index (χ4n) is 0. The molecule has 0 N–H and O–H groups in total. The minimum absolute atomic E-state index is 0. The largest absolute Gasteiger partial charge is 0.187 e. The zero-order valence-corrected chi connectivity index (χ0v) is 3.91. The first-order chi connectivity index (χ1) is 0. The van der Waals surface area contributed by atoms with Gasteiger partial charge < -0.3 is 0 Å². The van der Waals surface area contributed by atoms with Gasteiger partial charge in [0.05, 0.1) is 0 Å². The van der Waals surface area contributed by atoms with Crippen LogP contribution in [0.25, 0.3) is 0 Å². The number of rotatable bonds is 0. The molecular weight excluding hydrogens is 230 g/mol. The van der Waals surface area contributed by atoms with Crippen LogP contribution < -0.4 is 0 Å². The van der Waals surface area contributed by atoms with E-state index in [4.69, 9.17) is 0 Å². The summed E-state index contributed by atoms with van der Waals surface area (Å²) in [5.41, 5.74) is 0. The van der Waals surface area contributed by atoms with Gasteiger partial charge in [0.25, 0.3) is 0 Å². The maximum atomic E-state index is 0. The maximum Gasteiger partial charge on any atom is 0.187 e. The van der Waals surface area contributed by atoms with Crippen LogP contribution in [0.2, 0.25) is 0 Å². The third-order valence-electron chi connectivity index (χ3n) is 0. The van der Waals surface area contributed by atoms with Gasteiger partial charge in [-0.15, -0.1) is 0 Å². The minimum atomic E-state index is 0. The van der Waals surface area contributed by atoms with Crippen LogP contribution in [-0.4, -0.2) is 34.7 Å². The monoisotopic (exact) mass is 234 g/mol. The van der Waals surface area contributed by atoms with Crippen LogP contribution in [0.4, 0.5) is 0 Å². The van der Waals surface area contributed by atoms with E-state index in [9.17, 15) is 0 Å². The van der Waals surface area contributed by atoms with Crippen LogP contribution >= 0.6 is 0 Å². The van der Waals surface area contributed by atoms with Crippen LogP contribution in [0.5, 0.6) is 0 Å². The zero-order chi connectivity index (χ0) is 0. The molecule has 0 saturated heterocycles. The summed E-state index contributed by atoms with van der Waals surface area (Å²) < 4.78 is 0. The van der Waals surface area contributed by atoms with E-state index in [0.29, 0.717) is 0 Å². The standard InChI is InChI=1S/2Al.3Ni.6H. The van der Waals surface area contributed by atoms with E-state index in [0.717, 1.165) is 0 Å². The molecule has 0 aliphatic rings. The van der Waals surface area contributed by atoms with Crippen molar-refractivity contribution in [2.24, 2.45) is 0 Å². The Labute approximate surface area is 83.3 Å². The normalized spacial score (nSPS) is 0. The molecule has 0 unspecified atom stereocenters. The summed E-state index contributed by atoms with van der Waals surface area (Å²) in [5, 5.41) is 0. The van der Waals surface area contributed by atoms with Crippen molar-refractivity contribution in [3.8, 4) is 0 Å². The first-order valence-electron chi connectivity index (χ1n) is 0. The second-order valence-corrected chi connectivity index (χ2v) is 0. The van der Waals surface area contributed by atoms with Gasteiger partial charge in [0.15, 0.2) is 34.7 Å². The molecule has 0 spiro atoms. The van der Waals surface area contributed by atoms with Gasteiger partial charge in [-0.1, -0.05) is 0 Å². The predicted octanol–water partition coefficient (Wildman–Crippen LogP) is -2.38. The molecule has 0 aliphatic heterocycles. The fraction of sp³-hybridized carbons (Fsp3) is 0. The molecule has 0 saturated carbocycles. The first kappa shape index (κ1) is 49.9. The SMILES string of the molecule is [AlH3].[AlH3].[Ni].[Ni].[Ni]. The molecule has 0 amide bonds. The first-order valence-corrected chi connectivity index (χ1v) is 0. The molecule has 0 radical (unpaired) electrons. The Hall–Kier alpha value is 2.55. The van der Waals surface area contributed by atoms with Crippen molar-refractivity contribution in [2.45, 2.75) is 0 Å². The third kappa shape index (κ3) is 20.9. The van der Waals surface area contributed by atoms with Crippen LogP contribution in [-0.2, 0) is 49.5 Å². The molecule has 42 valence electrons. The molecule has 5 heavy (non-hydrogen) atoms. The van der Waals surface area contributed by atoms with Gasteiger partial charge in [0.1, 0.15) is 0 Å². The van der Waals surface area contributed by atoms with Crippen molar-refractivity contribution in [3.05, 3.63) is 0 Å². The fourth-order valence-corrected chi connectivity index (χ4v) is 0. The smallest absolute Gasteiger partial charge is 0 e. The Morgan fingerprint density at radius 3 is 0.400 bits per heavy atom. The van der Waals surface area contributed by atoms with Gasteiger partial charge in [0.2, 0.25) is 0 Å². The summed E-state index contributed by atoms with van der Waals surface area (Å²) in [7, 11) is 0. The molecule has 0 fully saturated rings. The van der Waals surface area contributed by atoms with Crippen molar-refractivity contribution in [1.29, 1.82) is 0 Å². The zero-order valence-electron chi connectivity index (χ0n) is 0.949. The Kier molecular flexibility index (Phi) is 310. The summed E-state index contributed by atoms with van der Waals surface area (Å²) in [6.45, 7) is 0. The van der Waals surface area contributed by atoms with Crippen molar-refractivity contribution in [1.82, 2.24) is 0 Å². The van der Waals surface area contributed by atoms with Gasteiger partial charge >= 0.3 is 0 Å². The van der Waals surface area contributed by atoms with E-state index < -0.39 is 0 Å². The van der Waals surface area contributed by atoms with Crippen molar-refractivity contribution in [2.75, 3.05) is 0 Å². The van der Waals surface area contributed by atoms with E-state index in [2.05, 4.69) is 0 Å². The Balaban J connectivity index is 0. The van der Waals surface area contributed by atoms with Gasteiger partial charge in [-0.3, -0.25) is 0 Å². The molecular formula is H6Al2Ni3. The summed E-state index contributed by atoms with van der Waals surface area (Å²) >= 11 is 0. The number of hydrogen-bond acceptors (Lipinski definition) is 0. The molecule has 0 heterocycles. The maximum absolute atomic E-state index is 0. The van der Waals surface area contributed by atoms with Crippen molar-refractivity contribution >= 4 is 34.7 Å². The molecule has 0 nitrogen and oxygen atoms in total. The Morgan fingerprint density at radius 2 is 0.400 bits per heavy atom. The molecule has 0 aliphatic carbocycles. The van der Waals surface area contributed by atoms with Gasteiger partial charge in [0, 0.05) is 49.5 Å². The second-order valence-electron chi connectivity index (χ2n) is 0. The number of hydrogen-bond donors (Lipinski definition) is 0. The van der Waals surface area contributed by atoms with Crippen molar-refractivity contribution < 1.29 is 49.5 Å². The summed E-state index contributed by atoms with van der Waals surface area (Å²) in [4.78, 5) is 0. The van der Waals surface area contributed by atoms with E-state index in [-0.39, 0.29) is 84.2 Å². The molecule has 5 heteroatoms. The summed E-state index contributed by atoms with van der Waals surface area (Å²) in [5.74, 6) is 0. The topological polar surface area (TPSA) is 0 Å². The van der Waals surface area contributed by atoms with Crippen LogP contribution in [0.3, 0.4) is 0 Å². The van der Waals surface area contributed by atoms with E-state index >= 15 is 0 Å². The van der Waals surface area contributed by atoms with Gasteiger partial charge in [-0.25, -0.2) is 0 Å². The molecule has 0 aromatic carbocycles. The van der Waals surface area contributed by atoms with Crippen LogP contribution in [0.15, 0.2) is 0 Å². The third-order valence-corrected chi connectivity index (χ3v) is 0. The average Bonchev–Trinajstić information content (AvgIpc) is 0. The summed E-state index contributed by atoms with van der Waals surface area (Å²) in [6.07, 6.45) is 0. The van der Waals surface area contributed by atoms with E-state index in [1.807, 2.05) is 0 Å². The quantitative estimate of drug-likeness (QED) is 0.412. The molecule has 0 aromatic heterocycles. The van der Waals surface area contributed by atoms with Crippen LogP contribution in [0, 0.1) is 0 Å². The van der Waals surface area contributed by atoms with E-state index in [1.165, 1.54) is 0 Å². The van der Waals surface area contributed by atoms with Gasteiger partial charge in [-0.05, 0) is 0 Å². The molecule has 0 aromatic rings. The van der Waals surface area contributed by atoms with Gasteiger partial charge in [-0.2, -0.15) is 0 Å². The second kappa shape index (κ2) is 31.1. The molecule has 0 rings (SSSR count). The Morgan fingerprint density at radius 1 is 0.400 bits per heavy atom. The average molecular weight is 236 g/mol. The predicted molar refractivity (Wildman–Crippen MR) is 19.9 cm³/mol. The Bertz CT molecular complexity index is 4.85. The van der Waals surface area contributed by atoms with E-state index in [1.54, 1.807) is 0 Å². The minimum Gasteiger partial charge on any atom is 0 e. The van der Waals surface area contributed by atoms with Crippen LogP contribution in [0.1, 0.15) is 0 Å². The van der Waals surface area contributed by atoms with Crippen molar-refractivity contribution in [3.63, 3.8) is 0 Å². The summed E-state index contributed by atoms with van der Waals surface area (Å²) in [6, 6.07) is 0. The molecule has 0 bridgehead atoms. The molecule has 0 atom stereocenters.